The largest absolute Gasteiger partial charge is 0.479 e. The van der Waals surface area contributed by atoms with E-state index in [9.17, 15) is 4.79 Å². The molecule has 1 N–H and O–H groups in total. The Morgan fingerprint density at radius 3 is 2.16 bits per heavy atom. The van der Waals surface area contributed by atoms with Gasteiger partial charge in [0.05, 0.1) is 18.1 Å². The minimum Gasteiger partial charge on any atom is -0.479 e. The van der Waals surface area contributed by atoms with Gasteiger partial charge in [-0.2, -0.15) is 0 Å². The fraction of sp³-hybridized carbons (Fsp3) is 0.550. The molecule has 1 aromatic carbocycles. The molecule has 0 saturated heterocycles. The summed E-state index contributed by atoms with van der Waals surface area (Å²) in [4.78, 5) is 22.1. The first-order valence-corrected chi connectivity index (χ1v) is 9.27. The molecule has 5 nitrogen and oxygen atoms in total. The van der Waals surface area contributed by atoms with Gasteiger partial charge < -0.3 is 10.1 Å². The van der Waals surface area contributed by atoms with Crippen LogP contribution in [0.2, 0.25) is 0 Å². The number of methoxy groups -OCH3 is 1. The van der Waals surface area contributed by atoms with Crippen LogP contribution in [0.3, 0.4) is 0 Å². The van der Waals surface area contributed by atoms with Crippen molar-refractivity contribution in [3.63, 3.8) is 0 Å². The van der Waals surface area contributed by atoms with Gasteiger partial charge >= 0.3 is 0 Å². The van der Waals surface area contributed by atoms with E-state index in [1.54, 1.807) is 7.11 Å². The van der Waals surface area contributed by atoms with Gasteiger partial charge in [0, 0.05) is 5.54 Å². The van der Waals surface area contributed by atoms with Crippen LogP contribution in [0.1, 0.15) is 49.0 Å². The zero-order chi connectivity index (χ0) is 17.0. The van der Waals surface area contributed by atoms with E-state index in [0.717, 1.165) is 48.0 Å². The lowest BCUT2D eigenvalue weighted by atomic mass is 9.53. The number of hydrogen-bond acceptors (Lipinski definition) is 4. The summed E-state index contributed by atoms with van der Waals surface area (Å²) in [6.45, 7) is 0. The second-order valence-electron chi connectivity index (χ2n) is 8.22. The van der Waals surface area contributed by atoms with Gasteiger partial charge in [-0.05, 0) is 68.4 Å². The van der Waals surface area contributed by atoms with Gasteiger partial charge in [-0.15, -0.1) is 0 Å². The fourth-order valence-electron chi connectivity index (χ4n) is 5.84. The van der Waals surface area contributed by atoms with Crippen molar-refractivity contribution in [3.05, 3.63) is 30.0 Å². The third-order valence-electron chi connectivity index (χ3n) is 6.36. The summed E-state index contributed by atoms with van der Waals surface area (Å²) in [7, 11) is 1.54. The molecule has 5 heteroatoms. The molecule has 0 radical (unpaired) electrons. The lowest BCUT2D eigenvalue weighted by Gasteiger charge is -2.56. The number of fused-ring (bicyclic) bond motifs is 1. The van der Waals surface area contributed by atoms with Gasteiger partial charge in [-0.3, -0.25) is 4.79 Å². The van der Waals surface area contributed by atoms with Crippen LogP contribution < -0.4 is 10.1 Å². The summed E-state index contributed by atoms with van der Waals surface area (Å²) in [5.41, 5.74) is 1.73. The third-order valence-corrected chi connectivity index (χ3v) is 6.36. The van der Waals surface area contributed by atoms with E-state index in [1.807, 2.05) is 24.3 Å². The van der Waals surface area contributed by atoms with Crippen molar-refractivity contribution in [2.75, 3.05) is 7.11 Å². The predicted octanol–water partition coefficient (Wildman–Crippen LogP) is 3.34. The minimum absolute atomic E-state index is 0.0375. The van der Waals surface area contributed by atoms with Crippen LogP contribution in [-0.4, -0.2) is 28.5 Å². The summed E-state index contributed by atoms with van der Waals surface area (Å²) >= 11 is 0. The lowest BCUT2D eigenvalue weighted by molar-refractivity contribution is -0.0168. The smallest absolute Gasteiger partial charge is 0.275 e. The van der Waals surface area contributed by atoms with Crippen molar-refractivity contribution in [1.82, 2.24) is 15.3 Å². The minimum atomic E-state index is -0.142. The topological polar surface area (TPSA) is 64.1 Å². The Morgan fingerprint density at radius 1 is 1.04 bits per heavy atom. The second kappa shape index (κ2) is 5.41. The maximum atomic E-state index is 13.1. The molecule has 1 aromatic heterocycles. The molecule has 4 saturated carbocycles. The Bertz CT molecular complexity index is 813. The molecule has 0 atom stereocenters. The first-order chi connectivity index (χ1) is 12.1. The molecule has 1 heterocycles. The fourth-order valence-corrected chi connectivity index (χ4v) is 5.84. The summed E-state index contributed by atoms with van der Waals surface area (Å²) in [6, 6.07) is 7.57. The van der Waals surface area contributed by atoms with E-state index in [4.69, 9.17) is 4.74 Å². The molecule has 0 unspecified atom stereocenters. The molecule has 1 amide bonds. The van der Waals surface area contributed by atoms with Gasteiger partial charge in [0.15, 0.2) is 5.69 Å². The maximum Gasteiger partial charge on any atom is 0.275 e. The van der Waals surface area contributed by atoms with E-state index in [2.05, 4.69) is 15.3 Å². The molecule has 4 fully saturated rings. The highest BCUT2D eigenvalue weighted by Gasteiger charge is 2.51. The number of rotatable bonds is 3. The van der Waals surface area contributed by atoms with E-state index in [0.29, 0.717) is 11.6 Å². The number of nitrogens with one attached hydrogen (secondary N) is 1. The second-order valence-corrected chi connectivity index (χ2v) is 8.22. The van der Waals surface area contributed by atoms with E-state index in [-0.39, 0.29) is 11.4 Å². The molecular weight excluding hydrogens is 314 g/mol. The number of carbonyl (C=O) groups excluding carboxylic acids is 1. The van der Waals surface area contributed by atoms with Crippen LogP contribution in [0.15, 0.2) is 24.3 Å². The molecule has 130 valence electrons. The van der Waals surface area contributed by atoms with Crippen LogP contribution in [0.5, 0.6) is 5.88 Å². The van der Waals surface area contributed by atoms with Gasteiger partial charge in [0.2, 0.25) is 5.88 Å². The number of benzene rings is 1. The number of carbonyl (C=O) groups is 1. The third kappa shape index (κ3) is 2.48. The molecule has 25 heavy (non-hydrogen) atoms. The summed E-state index contributed by atoms with van der Waals surface area (Å²) in [5.74, 6) is 2.53. The number of amides is 1. The van der Waals surface area contributed by atoms with Gasteiger partial charge in [-0.1, -0.05) is 12.1 Å². The summed E-state index contributed by atoms with van der Waals surface area (Å²) in [6.07, 6.45) is 7.42. The number of ether oxygens (including phenoxy) is 1. The van der Waals surface area contributed by atoms with E-state index < -0.39 is 0 Å². The highest BCUT2D eigenvalue weighted by atomic mass is 16.5. The standard InChI is InChI=1S/C20H23N3O2/c1-25-19-17(21-15-4-2-3-5-16(15)22-19)18(24)23-20-9-12-6-13(10-20)8-14(7-12)11-20/h2-5,12-14H,6-11H2,1H3,(H,23,24). The highest BCUT2D eigenvalue weighted by molar-refractivity contribution is 5.96. The lowest BCUT2D eigenvalue weighted by Crippen LogP contribution is -2.59. The van der Waals surface area contributed by atoms with Crippen LogP contribution in [0.25, 0.3) is 11.0 Å². The first-order valence-electron chi connectivity index (χ1n) is 9.27. The van der Waals surface area contributed by atoms with Crippen molar-refractivity contribution in [2.45, 2.75) is 44.1 Å². The monoisotopic (exact) mass is 337 g/mol. The summed E-state index contributed by atoms with van der Waals surface area (Å²) < 4.78 is 5.36. The van der Waals surface area contributed by atoms with E-state index >= 15 is 0 Å². The van der Waals surface area contributed by atoms with Crippen molar-refractivity contribution in [2.24, 2.45) is 17.8 Å². The Morgan fingerprint density at radius 2 is 1.60 bits per heavy atom. The number of para-hydroxylation sites is 2. The quantitative estimate of drug-likeness (QED) is 0.933. The first kappa shape index (κ1) is 15.1. The SMILES string of the molecule is COc1nc2ccccc2nc1C(=O)NC12CC3CC(CC(C3)C1)C2. The zero-order valence-corrected chi connectivity index (χ0v) is 14.5. The number of hydrogen-bond donors (Lipinski definition) is 1. The molecular formula is C20H23N3O2. The molecule has 4 aliphatic rings. The van der Waals surface area contributed by atoms with Gasteiger partial charge in [-0.25, -0.2) is 9.97 Å². The predicted molar refractivity (Wildman–Crippen MR) is 94.5 cm³/mol. The molecule has 4 bridgehead atoms. The van der Waals surface area contributed by atoms with Crippen molar-refractivity contribution < 1.29 is 9.53 Å². The summed E-state index contributed by atoms with van der Waals surface area (Å²) in [5, 5.41) is 3.36. The van der Waals surface area contributed by atoms with E-state index in [1.165, 1.54) is 19.3 Å². The van der Waals surface area contributed by atoms with Crippen LogP contribution in [0.4, 0.5) is 0 Å². The average molecular weight is 337 g/mol. The maximum absolute atomic E-state index is 13.1. The number of aromatic nitrogens is 2. The van der Waals surface area contributed by atoms with Crippen molar-refractivity contribution in [3.8, 4) is 5.88 Å². The van der Waals surface area contributed by atoms with Crippen LogP contribution >= 0.6 is 0 Å². The molecule has 2 aromatic rings. The number of nitrogens with zero attached hydrogens (tertiary/aromatic N) is 2. The molecule has 6 rings (SSSR count). The van der Waals surface area contributed by atoms with Gasteiger partial charge in [0.25, 0.3) is 5.91 Å². The molecule has 0 spiro atoms. The Kier molecular flexibility index (Phi) is 3.27. The Balaban J connectivity index is 1.47. The van der Waals surface area contributed by atoms with Crippen LogP contribution in [0, 0.1) is 17.8 Å². The normalized spacial score (nSPS) is 32.8. The molecule has 0 aliphatic heterocycles. The van der Waals surface area contributed by atoms with Gasteiger partial charge in [0.1, 0.15) is 0 Å². The highest BCUT2D eigenvalue weighted by Crippen LogP contribution is 2.55. The average Bonchev–Trinajstić information content (AvgIpc) is 2.59. The zero-order valence-electron chi connectivity index (χ0n) is 14.5. The van der Waals surface area contributed by atoms with Crippen molar-refractivity contribution in [1.29, 1.82) is 0 Å². The molecule has 4 aliphatic carbocycles. The Labute approximate surface area is 147 Å². The Hall–Kier alpha value is -2.17. The van der Waals surface area contributed by atoms with Crippen LogP contribution in [-0.2, 0) is 0 Å². The van der Waals surface area contributed by atoms with Crippen molar-refractivity contribution >= 4 is 16.9 Å².